The van der Waals surface area contributed by atoms with Gasteiger partial charge >= 0.3 is 11.9 Å². The molecule has 0 amide bonds. The second-order valence-electron chi connectivity index (χ2n) is 4.17. The maximum absolute atomic E-state index is 12.1. The van der Waals surface area contributed by atoms with Crippen molar-refractivity contribution >= 4 is 29.1 Å². The summed E-state index contributed by atoms with van der Waals surface area (Å²) in [7, 11) is 0. The Kier molecular flexibility index (Phi) is 6.81. The molecule has 0 fully saturated rings. The van der Waals surface area contributed by atoms with E-state index in [9.17, 15) is 14.4 Å². The predicted molar refractivity (Wildman–Crippen MR) is 79.2 cm³/mol. The van der Waals surface area contributed by atoms with Crippen LogP contribution in [0.1, 0.15) is 36.9 Å². The molecule has 0 bridgehead atoms. The van der Waals surface area contributed by atoms with E-state index >= 15 is 0 Å². The van der Waals surface area contributed by atoms with Gasteiger partial charge in [-0.3, -0.25) is 4.79 Å². The Morgan fingerprint density at radius 2 is 1.67 bits per heavy atom. The van der Waals surface area contributed by atoms with Gasteiger partial charge in [0.1, 0.15) is 5.57 Å². The lowest BCUT2D eigenvalue weighted by molar-refractivity contribution is -0.146. The summed E-state index contributed by atoms with van der Waals surface area (Å²) in [5.41, 5.74) is 0.161. The van der Waals surface area contributed by atoms with Crippen molar-refractivity contribution in [3.05, 3.63) is 33.5 Å². The number of allylic oxidation sites excluding steroid dienone is 1. The highest BCUT2D eigenvalue weighted by molar-refractivity contribution is 7.12. The molecule has 0 saturated carbocycles. The van der Waals surface area contributed by atoms with E-state index in [0.717, 1.165) is 0 Å². The van der Waals surface area contributed by atoms with Crippen molar-refractivity contribution in [1.29, 1.82) is 0 Å². The summed E-state index contributed by atoms with van der Waals surface area (Å²) in [6.45, 7) is 5.15. The van der Waals surface area contributed by atoms with Crippen molar-refractivity contribution in [2.75, 3.05) is 13.2 Å². The molecule has 0 atom stereocenters. The number of Topliss-reactive ketones (excluding diaryl/α,β-unsaturated/α-hetero) is 1. The number of esters is 2. The zero-order valence-corrected chi connectivity index (χ0v) is 13.1. The van der Waals surface area contributed by atoms with Gasteiger partial charge in [-0.2, -0.15) is 0 Å². The largest absolute Gasteiger partial charge is 0.462 e. The van der Waals surface area contributed by atoms with Gasteiger partial charge in [0, 0.05) is 6.42 Å². The summed E-state index contributed by atoms with van der Waals surface area (Å²) in [6, 6.07) is 3.48. The number of hydrogen-bond donors (Lipinski definition) is 0. The molecule has 0 aliphatic rings. The van der Waals surface area contributed by atoms with Gasteiger partial charge in [-0.1, -0.05) is 6.07 Å². The van der Waals surface area contributed by atoms with E-state index in [-0.39, 0.29) is 31.0 Å². The third kappa shape index (κ3) is 4.82. The molecule has 5 nitrogen and oxygen atoms in total. The molecule has 0 spiro atoms. The third-order valence-corrected chi connectivity index (χ3v) is 3.52. The van der Waals surface area contributed by atoms with Gasteiger partial charge in [0.25, 0.3) is 0 Å². The van der Waals surface area contributed by atoms with E-state index in [1.807, 2.05) is 0 Å². The average molecular weight is 310 g/mol. The van der Waals surface area contributed by atoms with Crippen LogP contribution in [0, 0.1) is 0 Å². The summed E-state index contributed by atoms with van der Waals surface area (Å²) in [5, 5.41) is 1.80. The number of thiophene rings is 1. The lowest BCUT2D eigenvalue weighted by Crippen LogP contribution is -2.20. The first kappa shape index (κ1) is 17.1. The Morgan fingerprint density at radius 3 is 2.10 bits per heavy atom. The Morgan fingerprint density at radius 1 is 1.10 bits per heavy atom. The fraction of sp³-hybridized carbons (Fsp3) is 0.400. The Bertz CT molecular complexity index is 522. The average Bonchev–Trinajstić information content (AvgIpc) is 2.93. The van der Waals surface area contributed by atoms with Crippen LogP contribution in [0.15, 0.2) is 28.7 Å². The molecule has 0 radical (unpaired) electrons. The first-order chi connectivity index (χ1) is 10.0. The molecule has 1 heterocycles. The molecule has 114 valence electrons. The number of carbonyl (C=O) groups excluding carboxylic acids is 3. The van der Waals surface area contributed by atoms with E-state index in [1.54, 1.807) is 38.3 Å². The highest BCUT2D eigenvalue weighted by Crippen LogP contribution is 2.18. The minimum atomic E-state index is -0.757. The normalized spacial score (nSPS) is 9.86. The molecular weight excluding hydrogens is 292 g/mol. The highest BCUT2D eigenvalue weighted by atomic mass is 32.1. The van der Waals surface area contributed by atoms with E-state index in [1.165, 1.54) is 11.3 Å². The van der Waals surface area contributed by atoms with E-state index in [2.05, 4.69) is 0 Å². The van der Waals surface area contributed by atoms with E-state index < -0.39 is 11.9 Å². The van der Waals surface area contributed by atoms with Crippen molar-refractivity contribution in [2.24, 2.45) is 0 Å². The zero-order chi connectivity index (χ0) is 15.8. The number of ketones is 1. The van der Waals surface area contributed by atoms with Crippen molar-refractivity contribution in [3.8, 4) is 0 Å². The van der Waals surface area contributed by atoms with E-state index in [4.69, 9.17) is 9.47 Å². The second kappa shape index (κ2) is 8.36. The summed E-state index contributed by atoms with van der Waals surface area (Å²) in [4.78, 5) is 36.4. The van der Waals surface area contributed by atoms with Gasteiger partial charge in [0.15, 0.2) is 5.78 Å². The fourth-order valence-electron chi connectivity index (χ4n) is 1.69. The van der Waals surface area contributed by atoms with Gasteiger partial charge in [0.2, 0.25) is 0 Å². The van der Waals surface area contributed by atoms with Crippen LogP contribution in [0.5, 0.6) is 0 Å². The number of rotatable bonds is 7. The molecule has 21 heavy (non-hydrogen) atoms. The highest BCUT2D eigenvalue weighted by Gasteiger charge is 2.25. The number of hydrogen-bond acceptors (Lipinski definition) is 6. The van der Waals surface area contributed by atoms with Crippen molar-refractivity contribution in [1.82, 2.24) is 0 Å². The van der Waals surface area contributed by atoms with E-state index in [0.29, 0.717) is 10.5 Å². The van der Waals surface area contributed by atoms with Crippen molar-refractivity contribution < 1.29 is 23.9 Å². The van der Waals surface area contributed by atoms with Gasteiger partial charge in [0.05, 0.1) is 18.1 Å². The molecule has 0 aliphatic carbocycles. The zero-order valence-electron chi connectivity index (χ0n) is 12.3. The smallest absolute Gasteiger partial charge is 0.345 e. The van der Waals surface area contributed by atoms with Gasteiger partial charge in [-0.05, 0) is 37.8 Å². The Hall–Kier alpha value is -1.95. The molecule has 1 rings (SSSR count). The van der Waals surface area contributed by atoms with Crippen molar-refractivity contribution in [3.63, 3.8) is 0 Å². The Balaban J connectivity index is 2.99. The van der Waals surface area contributed by atoms with Crippen LogP contribution in [0.4, 0.5) is 0 Å². The van der Waals surface area contributed by atoms with Crippen LogP contribution in [0.25, 0.3) is 0 Å². The molecule has 0 unspecified atom stereocenters. The quantitative estimate of drug-likeness (QED) is 0.255. The predicted octanol–water partition coefficient (Wildman–Crippen LogP) is 2.76. The molecule has 1 aromatic heterocycles. The standard InChI is InChI=1S/C15H18O5S/c1-4-19-14(17)13(15(18)20-5-2)10(3)9-11(16)12-7-6-8-21-12/h6-8H,4-5,9H2,1-3H3. The van der Waals surface area contributed by atoms with Gasteiger partial charge < -0.3 is 9.47 Å². The molecule has 0 saturated heterocycles. The first-order valence-corrected chi connectivity index (χ1v) is 7.49. The topological polar surface area (TPSA) is 69.7 Å². The maximum Gasteiger partial charge on any atom is 0.345 e. The lowest BCUT2D eigenvalue weighted by Gasteiger charge is -2.10. The lowest BCUT2D eigenvalue weighted by atomic mass is 10.0. The molecular formula is C15H18O5S. The summed E-state index contributed by atoms with van der Waals surface area (Å²) in [5.74, 6) is -1.66. The monoisotopic (exact) mass is 310 g/mol. The van der Waals surface area contributed by atoms with Crippen LogP contribution in [0.3, 0.4) is 0 Å². The SMILES string of the molecule is CCOC(=O)C(C(=O)OCC)=C(C)CC(=O)c1cccs1. The second-order valence-corrected chi connectivity index (χ2v) is 5.12. The minimum absolute atomic E-state index is 0.0204. The molecule has 0 aromatic carbocycles. The van der Waals surface area contributed by atoms with Gasteiger partial charge in [-0.25, -0.2) is 9.59 Å². The van der Waals surface area contributed by atoms with Crippen LogP contribution in [-0.2, 0) is 19.1 Å². The van der Waals surface area contributed by atoms with Gasteiger partial charge in [-0.15, -0.1) is 11.3 Å². The summed E-state index contributed by atoms with van der Waals surface area (Å²) >= 11 is 1.32. The molecule has 0 aliphatic heterocycles. The Labute approximate surface area is 127 Å². The molecule has 0 N–H and O–H groups in total. The molecule has 6 heteroatoms. The van der Waals surface area contributed by atoms with Crippen LogP contribution >= 0.6 is 11.3 Å². The van der Waals surface area contributed by atoms with Crippen LogP contribution < -0.4 is 0 Å². The molecule has 1 aromatic rings. The minimum Gasteiger partial charge on any atom is -0.462 e. The summed E-state index contributed by atoms with van der Waals surface area (Å²) in [6.07, 6.45) is -0.0204. The van der Waals surface area contributed by atoms with Crippen LogP contribution in [0.2, 0.25) is 0 Å². The van der Waals surface area contributed by atoms with Crippen LogP contribution in [-0.4, -0.2) is 30.9 Å². The number of carbonyl (C=O) groups is 3. The van der Waals surface area contributed by atoms with Crippen molar-refractivity contribution in [2.45, 2.75) is 27.2 Å². The summed E-state index contributed by atoms with van der Waals surface area (Å²) < 4.78 is 9.72. The first-order valence-electron chi connectivity index (χ1n) is 6.61. The third-order valence-electron chi connectivity index (χ3n) is 2.61. The fourth-order valence-corrected chi connectivity index (χ4v) is 2.36. The maximum atomic E-state index is 12.1. The number of ether oxygens (including phenoxy) is 2.